The first-order valence-corrected chi connectivity index (χ1v) is 10.3. The smallest absolute Gasteiger partial charge is 0.170 e. The molecule has 4 rings (SSSR count). The Morgan fingerprint density at radius 2 is 2.07 bits per heavy atom. The van der Waals surface area contributed by atoms with E-state index in [1.807, 2.05) is 18.3 Å². The zero-order valence-electron chi connectivity index (χ0n) is 15.9. The fraction of sp³-hybridized carbons (Fsp3) is 0.524. The van der Waals surface area contributed by atoms with Gasteiger partial charge >= 0.3 is 0 Å². The number of rotatable bonds is 7. The van der Waals surface area contributed by atoms with Crippen molar-refractivity contribution in [1.29, 1.82) is 0 Å². The van der Waals surface area contributed by atoms with Crippen LogP contribution in [-0.4, -0.2) is 39.8 Å². The van der Waals surface area contributed by atoms with Crippen LogP contribution in [0.5, 0.6) is 0 Å². The molecule has 0 spiro atoms. The number of thiocarbonyl (C=S) groups is 1. The van der Waals surface area contributed by atoms with Gasteiger partial charge in [0.1, 0.15) is 0 Å². The van der Waals surface area contributed by atoms with Gasteiger partial charge < -0.3 is 19.5 Å². The maximum Gasteiger partial charge on any atom is 0.170 e. The normalized spacial score (nSPS) is 23.1. The Balaban J connectivity index is 1.69. The van der Waals surface area contributed by atoms with Gasteiger partial charge in [0.05, 0.1) is 17.8 Å². The molecule has 1 aliphatic heterocycles. The van der Waals surface area contributed by atoms with Gasteiger partial charge in [0.2, 0.25) is 0 Å². The summed E-state index contributed by atoms with van der Waals surface area (Å²) in [6, 6.07) is 11.4. The molecule has 144 valence electrons. The van der Waals surface area contributed by atoms with Crippen LogP contribution in [0, 0.1) is 0 Å². The van der Waals surface area contributed by atoms with Crippen molar-refractivity contribution < 1.29 is 4.74 Å². The zero-order valence-corrected chi connectivity index (χ0v) is 16.7. The maximum atomic E-state index is 5.73. The molecule has 0 bridgehead atoms. The van der Waals surface area contributed by atoms with E-state index >= 15 is 0 Å². The average molecular weight is 385 g/mol. The number of nitrogens with one attached hydrogen (secondary N) is 1. The summed E-state index contributed by atoms with van der Waals surface area (Å²) in [4.78, 5) is 6.96. The summed E-state index contributed by atoms with van der Waals surface area (Å²) in [6.45, 7) is 1.62. The molecule has 1 saturated heterocycles. The SMILES string of the molecule is COCCCN1C(=S)N[C@H](c2ccccn2)[C@H]1c1cccn1C1CCCC1. The van der Waals surface area contributed by atoms with Crippen LogP contribution < -0.4 is 5.32 Å². The van der Waals surface area contributed by atoms with E-state index < -0.39 is 0 Å². The number of aromatic nitrogens is 2. The number of methoxy groups -OCH3 is 1. The van der Waals surface area contributed by atoms with Crippen LogP contribution in [0.3, 0.4) is 0 Å². The molecule has 1 N–H and O–H groups in total. The monoisotopic (exact) mass is 384 g/mol. The van der Waals surface area contributed by atoms with E-state index in [0.717, 1.165) is 30.4 Å². The van der Waals surface area contributed by atoms with Crippen molar-refractivity contribution in [3.8, 4) is 0 Å². The third-order valence-electron chi connectivity index (χ3n) is 5.78. The van der Waals surface area contributed by atoms with Gasteiger partial charge in [0, 0.05) is 44.4 Å². The maximum absolute atomic E-state index is 5.73. The second kappa shape index (κ2) is 8.40. The Bertz CT molecular complexity index is 757. The molecule has 6 heteroatoms. The van der Waals surface area contributed by atoms with Gasteiger partial charge in [-0.2, -0.15) is 0 Å². The average Bonchev–Trinajstić information content (AvgIpc) is 3.42. The Morgan fingerprint density at radius 3 is 2.81 bits per heavy atom. The van der Waals surface area contributed by atoms with E-state index in [9.17, 15) is 0 Å². The highest BCUT2D eigenvalue weighted by molar-refractivity contribution is 7.80. The van der Waals surface area contributed by atoms with Crippen molar-refractivity contribution in [3.63, 3.8) is 0 Å². The van der Waals surface area contributed by atoms with Gasteiger partial charge in [-0.15, -0.1) is 0 Å². The fourth-order valence-electron chi connectivity index (χ4n) is 4.52. The van der Waals surface area contributed by atoms with Crippen LogP contribution in [0.15, 0.2) is 42.7 Å². The van der Waals surface area contributed by atoms with E-state index in [-0.39, 0.29) is 12.1 Å². The largest absolute Gasteiger partial charge is 0.385 e. The van der Waals surface area contributed by atoms with Gasteiger partial charge in [-0.1, -0.05) is 18.9 Å². The third-order valence-corrected chi connectivity index (χ3v) is 6.13. The van der Waals surface area contributed by atoms with Gasteiger partial charge in [-0.25, -0.2) is 0 Å². The van der Waals surface area contributed by atoms with Crippen LogP contribution in [0.1, 0.15) is 61.6 Å². The first-order chi connectivity index (χ1) is 13.3. The number of ether oxygens (including phenoxy) is 1. The van der Waals surface area contributed by atoms with Crippen molar-refractivity contribution in [1.82, 2.24) is 19.8 Å². The topological polar surface area (TPSA) is 42.3 Å². The lowest BCUT2D eigenvalue weighted by atomic mass is 10.0. The lowest BCUT2D eigenvalue weighted by molar-refractivity contribution is 0.179. The highest BCUT2D eigenvalue weighted by atomic mass is 32.1. The second-order valence-electron chi connectivity index (χ2n) is 7.44. The molecular weight excluding hydrogens is 356 g/mol. The van der Waals surface area contributed by atoms with Crippen LogP contribution in [0.2, 0.25) is 0 Å². The van der Waals surface area contributed by atoms with E-state index in [4.69, 9.17) is 17.0 Å². The molecule has 3 heterocycles. The van der Waals surface area contributed by atoms with Crippen LogP contribution in [0.4, 0.5) is 0 Å². The molecule has 27 heavy (non-hydrogen) atoms. The summed E-state index contributed by atoms with van der Waals surface area (Å²) in [7, 11) is 1.75. The Kier molecular flexibility index (Phi) is 5.74. The van der Waals surface area contributed by atoms with Crippen molar-refractivity contribution in [3.05, 3.63) is 54.1 Å². The molecule has 1 saturated carbocycles. The van der Waals surface area contributed by atoms with Crippen molar-refractivity contribution in [2.75, 3.05) is 20.3 Å². The number of pyridine rings is 1. The molecule has 0 unspecified atom stereocenters. The van der Waals surface area contributed by atoms with Crippen molar-refractivity contribution in [2.45, 2.75) is 50.2 Å². The van der Waals surface area contributed by atoms with E-state index in [0.29, 0.717) is 6.04 Å². The number of hydrogen-bond donors (Lipinski definition) is 1. The van der Waals surface area contributed by atoms with Gasteiger partial charge in [0.15, 0.2) is 5.11 Å². The lowest BCUT2D eigenvalue weighted by Crippen LogP contribution is -2.32. The molecule has 2 aliphatic rings. The van der Waals surface area contributed by atoms with Gasteiger partial charge in [0.25, 0.3) is 0 Å². The van der Waals surface area contributed by atoms with Crippen LogP contribution in [-0.2, 0) is 4.74 Å². The minimum absolute atomic E-state index is 0.0660. The Labute approximate surface area is 166 Å². The molecule has 0 amide bonds. The molecule has 2 aromatic heterocycles. The quantitative estimate of drug-likeness (QED) is 0.577. The summed E-state index contributed by atoms with van der Waals surface area (Å²) in [5.74, 6) is 0. The fourth-order valence-corrected chi connectivity index (χ4v) is 4.85. The standard InChI is InChI=1S/C21H28N4OS/c1-26-15-7-14-25-20(18-11-6-13-24(18)16-8-2-3-9-16)19(23-21(25)27)17-10-4-5-12-22-17/h4-6,10-13,16,19-20H,2-3,7-9,14-15H2,1H3,(H,23,27)/t19-,20-/m1/s1. The Hall–Kier alpha value is -1.92. The third kappa shape index (κ3) is 3.73. The van der Waals surface area contributed by atoms with E-state index in [1.54, 1.807) is 7.11 Å². The first kappa shape index (κ1) is 18.4. The second-order valence-corrected chi connectivity index (χ2v) is 7.83. The van der Waals surface area contributed by atoms with Gasteiger partial charge in [-0.3, -0.25) is 4.98 Å². The first-order valence-electron chi connectivity index (χ1n) is 9.93. The molecule has 0 radical (unpaired) electrons. The molecule has 2 fully saturated rings. The highest BCUT2D eigenvalue weighted by Gasteiger charge is 2.41. The van der Waals surface area contributed by atoms with Crippen LogP contribution in [0.25, 0.3) is 0 Å². The highest BCUT2D eigenvalue weighted by Crippen LogP contribution is 2.41. The molecule has 0 aromatic carbocycles. The summed E-state index contributed by atoms with van der Waals surface area (Å²) < 4.78 is 7.76. The summed E-state index contributed by atoms with van der Waals surface area (Å²) >= 11 is 5.73. The molecular formula is C21H28N4OS. The minimum Gasteiger partial charge on any atom is -0.385 e. The summed E-state index contributed by atoms with van der Waals surface area (Å²) in [5, 5.41) is 4.36. The van der Waals surface area contributed by atoms with Crippen molar-refractivity contribution >= 4 is 17.3 Å². The van der Waals surface area contributed by atoms with E-state index in [1.165, 1.54) is 31.4 Å². The van der Waals surface area contributed by atoms with E-state index in [2.05, 4.69) is 44.2 Å². The zero-order chi connectivity index (χ0) is 18.6. The van der Waals surface area contributed by atoms with Crippen molar-refractivity contribution in [2.24, 2.45) is 0 Å². The summed E-state index contributed by atoms with van der Waals surface area (Å²) in [5.41, 5.74) is 2.38. The number of nitrogens with zero attached hydrogens (tertiary/aromatic N) is 3. The van der Waals surface area contributed by atoms with Crippen LogP contribution >= 0.6 is 12.2 Å². The molecule has 1 aliphatic carbocycles. The number of hydrogen-bond acceptors (Lipinski definition) is 3. The molecule has 2 aromatic rings. The molecule has 2 atom stereocenters. The molecule has 5 nitrogen and oxygen atoms in total. The Morgan fingerprint density at radius 1 is 1.22 bits per heavy atom. The summed E-state index contributed by atoms with van der Waals surface area (Å²) in [6.07, 6.45) is 10.2. The predicted octanol–water partition coefficient (Wildman–Crippen LogP) is 4.01. The lowest BCUT2D eigenvalue weighted by Gasteiger charge is -2.30. The minimum atomic E-state index is 0.0660. The predicted molar refractivity (Wildman–Crippen MR) is 111 cm³/mol. The van der Waals surface area contributed by atoms with Gasteiger partial charge in [-0.05, 0) is 55.7 Å².